The van der Waals surface area contributed by atoms with Crippen LogP contribution in [0.4, 0.5) is 0 Å². The normalized spacial score (nSPS) is 13.6. The molecule has 0 unspecified atom stereocenters. The Bertz CT molecular complexity index is 1260. The second-order valence-electron chi connectivity index (χ2n) is 7.30. The summed E-state index contributed by atoms with van der Waals surface area (Å²) in [5, 5.41) is 0. The maximum absolute atomic E-state index is 12.9. The fourth-order valence-electron chi connectivity index (χ4n) is 3.45. The molecule has 0 atom stereocenters. The van der Waals surface area contributed by atoms with E-state index in [1.165, 1.54) is 6.08 Å². The van der Waals surface area contributed by atoms with Crippen LogP contribution in [-0.4, -0.2) is 25.0 Å². The lowest BCUT2D eigenvalue weighted by Gasteiger charge is -2.12. The van der Waals surface area contributed by atoms with Crippen molar-refractivity contribution in [1.29, 1.82) is 0 Å². The van der Waals surface area contributed by atoms with Gasteiger partial charge in [0.2, 0.25) is 5.78 Å². The van der Waals surface area contributed by atoms with Crippen molar-refractivity contribution >= 4 is 23.9 Å². The molecule has 34 heavy (non-hydrogen) atoms. The molecule has 6 heteroatoms. The fraction of sp³-hybridized carbons (Fsp3) is 0.143. The highest BCUT2D eigenvalue weighted by Crippen LogP contribution is 2.38. The molecule has 1 heterocycles. The number of fused-ring (bicyclic) bond motifs is 1. The number of ether oxygens (including phenoxy) is 4. The molecule has 0 N–H and O–H groups in total. The Hall–Kier alpha value is -4.32. The minimum atomic E-state index is -0.570. The van der Waals surface area contributed by atoms with Crippen molar-refractivity contribution in [3.05, 3.63) is 95.3 Å². The lowest BCUT2D eigenvalue weighted by Crippen LogP contribution is -2.08. The first-order valence-corrected chi connectivity index (χ1v) is 11.0. The van der Waals surface area contributed by atoms with Crippen molar-refractivity contribution in [3.63, 3.8) is 0 Å². The molecule has 3 aromatic carbocycles. The topological polar surface area (TPSA) is 71.1 Å². The van der Waals surface area contributed by atoms with Gasteiger partial charge < -0.3 is 18.9 Å². The summed E-state index contributed by atoms with van der Waals surface area (Å²) >= 11 is 0. The number of para-hydroxylation sites is 1. The average molecular weight is 456 g/mol. The molecule has 0 saturated carbocycles. The molecule has 0 saturated heterocycles. The van der Waals surface area contributed by atoms with Crippen molar-refractivity contribution in [2.24, 2.45) is 0 Å². The Balaban J connectivity index is 1.62. The third-order valence-corrected chi connectivity index (χ3v) is 4.96. The first-order valence-electron chi connectivity index (χ1n) is 11.0. The van der Waals surface area contributed by atoms with Crippen molar-refractivity contribution in [3.8, 4) is 23.0 Å². The Kier molecular flexibility index (Phi) is 7.08. The fourth-order valence-corrected chi connectivity index (χ4v) is 3.45. The van der Waals surface area contributed by atoms with Crippen LogP contribution in [-0.2, 0) is 4.79 Å². The number of ketones is 1. The number of rotatable bonds is 8. The van der Waals surface area contributed by atoms with Crippen LogP contribution in [0.5, 0.6) is 23.0 Å². The van der Waals surface area contributed by atoms with E-state index in [1.807, 2.05) is 44.2 Å². The van der Waals surface area contributed by atoms with Crippen LogP contribution in [0.25, 0.3) is 12.2 Å². The maximum atomic E-state index is 12.9. The van der Waals surface area contributed by atoms with Crippen LogP contribution in [0.15, 0.2) is 78.6 Å². The Morgan fingerprint density at radius 1 is 0.941 bits per heavy atom. The molecule has 4 rings (SSSR count). The molecule has 0 radical (unpaired) electrons. The number of carbonyl (C=O) groups excluding carboxylic acids is 2. The maximum Gasteiger partial charge on any atom is 0.336 e. The van der Waals surface area contributed by atoms with Crippen LogP contribution in [0.1, 0.15) is 35.3 Å². The van der Waals surface area contributed by atoms with E-state index in [1.54, 1.807) is 48.6 Å². The van der Waals surface area contributed by atoms with Gasteiger partial charge in [-0.2, -0.15) is 0 Å². The minimum Gasteiger partial charge on any atom is -0.494 e. The number of hydrogen-bond donors (Lipinski definition) is 0. The highest BCUT2D eigenvalue weighted by Gasteiger charge is 2.28. The Labute approximate surface area is 198 Å². The Morgan fingerprint density at radius 3 is 2.50 bits per heavy atom. The van der Waals surface area contributed by atoms with E-state index >= 15 is 0 Å². The van der Waals surface area contributed by atoms with Crippen molar-refractivity contribution < 1.29 is 28.5 Å². The Morgan fingerprint density at radius 2 is 1.74 bits per heavy atom. The van der Waals surface area contributed by atoms with Gasteiger partial charge in [-0.1, -0.05) is 42.5 Å². The molecule has 0 bridgehead atoms. The molecule has 3 aromatic rings. The summed E-state index contributed by atoms with van der Waals surface area (Å²) in [6.45, 7) is 4.61. The van der Waals surface area contributed by atoms with E-state index in [0.717, 1.165) is 5.56 Å². The lowest BCUT2D eigenvalue weighted by molar-refractivity contribution is -0.129. The molecule has 1 aliphatic heterocycles. The van der Waals surface area contributed by atoms with E-state index in [-0.39, 0.29) is 17.3 Å². The number of Topliss-reactive ketones (excluding diaryl/α,β-unsaturated/α-hetero) is 1. The molecular weight excluding hydrogens is 432 g/mol. The number of hydrogen-bond acceptors (Lipinski definition) is 6. The van der Waals surface area contributed by atoms with E-state index in [9.17, 15) is 9.59 Å². The van der Waals surface area contributed by atoms with Crippen LogP contribution in [0.2, 0.25) is 0 Å². The predicted octanol–water partition coefficient (Wildman–Crippen LogP) is 5.72. The molecule has 0 aliphatic carbocycles. The van der Waals surface area contributed by atoms with Gasteiger partial charge in [-0.3, -0.25) is 4.79 Å². The molecule has 1 aliphatic rings. The highest BCUT2D eigenvalue weighted by atomic mass is 16.6. The molecule has 0 amide bonds. The van der Waals surface area contributed by atoms with Crippen molar-refractivity contribution in [2.75, 3.05) is 13.2 Å². The molecule has 0 spiro atoms. The predicted molar refractivity (Wildman–Crippen MR) is 129 cm³/mol. The van der Waals surface area contributed by atoms with Gasteiger partial charge in [-0.15, -0.1) is 0 Å². The molecule has 0 aromatic heterocycles. The number of allylic oxidation sites excluding steroid dienone is 1. The van der Waals surface area contributed by atoms with Crippen LogP contribution in [0.3, 0.4) is 0 Å². The summed E-state index contributed by atoms with van der Waals surface area (Å²) in [6.07, 6.45) is 4.56. The number of benzene rings is 3. The second kappa shape index (κ2) is 10.5. The average Bonchev–Trinajstić information content (AvgIpc) is 3.15. The zero-order valence-electron chi connectivity index (χ0n) is 18.9. The van der Waals surface area contributed by atoms with Gasteiger partial charge in [-0.25, -0.2) is 4.79 Å². The molecule has 0 fully saturated rings. The van der Waals surface area contributed by atoms with Gasteiger partial charge in [-0.05, 0) is 49.8 Å². The third-order valence-electron chi connectivity index (χ3n) is 4.96. The van der Waals surface area contributed by atoms with Crippen molar-refractivity contribution in [1.82, 2.24) is 0 Å². The summed E-state index contributed by atoms with van der Waals surface area (Å²) in [5.41, 5.74) is 1.79. The smallest absolute Gasteiger partial charge is 0.336 e. The summed E-state index contributed by atoms with van der Waals surface area (Å²) in [5.74, 6) is 0.928. The summed E-state index contributed by atoms with van der Waals surface area (Å²) in [6, 6.07) is 19.7. The zero-order valence-corrected chi connectivity index (χ0v) is 18.9. The van der Waals surface area contributed by atoms with Gasteiger partial charge in [0.05, 0.1) is 18.8 Å². The molecule has 6 nitrogen and oxygen atoms in total. The molecular formula is C28H24O6. The molecule has 172 valence electrons. The van der Waals surface area contributed by atoms with E-state index in [0.29, 0.717) is 41.6 Å². The highest BCUT2D eigenvalue weighted by molar-refractivity contribution is 6.14. The second-order valence-corrected chi connectivity index (χ2v) is 7.30. The first kappa shape index (κ1) is 22.9. The van der Waals surface area contributed by atoms with Gasteiger partial charge in [0, 0.05) is 17.7 Å². The minimum absolute atomic E-state index is 0.120. The van der Waals surface area contributed by atoms with Gasteiger partial charge in [0.25, 0.3) is 0 Å². The first-order chi connectivity index (χ1) is 16.6. The van der Waals surface area contributed by atoms with Crippen molar-refractivity contribution in [2.45, 2.75) is 13.8 Å². The zero-order chi connectivity index (χ0) is 23.9. The van der Waals surface area contributed by atoms with Gasteiger partial charge >= 0.3 is 5.97 Å². The number of carbonyl (C=O) groups is 2. The lowest BCUT2D eigenvalue weighted by atomic mass is 10.1. The summed E-state index contributed by atoms with van der Waals surface area (Å²) in [7, 11) is 0. The quantitative estimate of drug-likeness (QED) is 0.245. The van der Waals surface area contributed by atoms with Crippen LogP contribution in [0, 0.1) is 0 Å². The van der Waals surface area contributed by atoms with Gasteiger partial charge in [0.15, 0.2) is 17.3 Å². The summed E-state index contributed by atoms with van der Waals surface area (Å²) in [4.78, 5) is 25.5. The third kappa shape index (κ3) is 5.18. The van der Waals surface area contributed by atoms with E-state index < -0.39 is 5.97 Å². The summed E-state index contributed by atoms with van der Waals surface area (Å²) < 4.78 is 22.6. The van der Waals surface area contributed by atoms with E-state index in [2.05, 4.69) is 0 Å². The van der Waals surface area contributed by atoms with Crippen LogP contribution >= 0.6 is 0 Å². The standard InChI is InChI=1S/C28H24O6/c1-3-31-21-14-15-22-24(18-21)33-25(27(22)30)17-20-11-8-12-23(32-4-2)28(20)34-26(29)16-13-19-9-6-5-7-10-19/h5-18H,3-4H2,1-2H3/b16-13+,25-17-. The monoisotopic (exact) mass is 456 g/mol. The number of esters is 1. The van der Waals surface area contributed by atoms with Gasteiger partial charge in [0.1, 0.15) is 11.5 Å². The SMILES string of the molecule is CCOc1ccc2c(c1)O/C(=C\c1cccc(OCC)c1OC(=O)/C=C/c1ccccc1)C2=O. The largest absolute Gasteiger partial charge is 0.494 e. The van der Waals surface area contributed by atoms with E-state index in [4.69, 9.17) is 18.9 Å². The van der Waals surface area contributed by atoms with Crippen LogP contribution < -0.4 is 18.9 Å².